The van der Waals surface area contributed by atoms with Crippen molar-refractivity contribution in [3.8, 4) is 12.3 Å². The number of carbonyl (C=O) groups excluding carboxylic acids is 1. The number of urea groups is 1. The maximum Gasteiger partial charge on any atom is 0.406 e. The Bertz CT molecular complexity index is 336. The largest absolute Gasteiger partial charge is 0.480 e. The number of nitrogens with zero attached hydrogens (tertiary/aromatic N) is 1. The number of nitrogens with one attached hydrogen (secondary N) is 1. The first kappa shape index (κ1) is 16.1. The maximum atomic E-state index is 12.1. The van der Waals surface area contributed by atoms with Gasteiger partial charge in [-0.05, 0) is 6.42 Å². The summed E-state index contributed by atoms with van der Waals surface area (Å²) in [5.41, 5.74) is 0. The number of aliphatic carboxylic acids is 1. The standard InChI is InChI=1S/C10H13F3N2O3/c1-2-3-4-5-14-9(18)15(6-8(16)17)7-10(11,12)13/h1H,3-7H2,(H,14,18)(H,16,17). The Balaban J connectivity index is 4.32. The van der Waals surface area contributed by atoms with Gasteiger partial charge < -0.3 is 15.3 Å². The molecule has 0 bridgehead atoms. The second-order valence-corrected chi connectivity index (χ2v) is 3.40. The first-order chi connectivity index (χ1) is 8.26. The Morgan fingerprint density at radius 1 is 1.39 bits per heavy atom. The van der Waals surface area contributed by atoms with Gasteiger partial charge in [0.2, 0.25) is 0 Å². The lowest BCUT2D eigenvalue weighted by atomic mass is 10.3. The average Bonchev–Trinajstić information content (AvgIpc) is 2.20. The predicted molar refractivity (Wildman–Crippen MR) is 56.7 cm³/mol. The molecule has 18 heavy (non-hydrogen) atoms. The number of carboxylic acids is 1. The van der Waals surface area contributed by atoms with Crippen LogP contribution in [0.25, 0.3) is 0 Å². The van der Waals surface area contributed by atoms with Crippen LogP contribution in [0.1, 0.15) is 12.8 Å². The number of carbonyl (C=O) groups is 2. The van der Waals surface area contributed by atoms with Crippen LogP contribution >= 0.6 is 0 Å². The van der Waals surface area contributed by atoms with Crippen molar-refractivity contribution in [3.63, 3.8) is 0 Å². The first-order valence-electron chi connectivity index (χ1n) is 5.01. The lowest BCUT2D eigenvalue weighted by Crippen LogP contribution is -2.47. The number of terminal acetylenes is 1. The Hall–Kier alpha value is -1.91. The van der Waals surface area contributed by atoms with Gasteiger partial charge >= 0.3 is 18.2 Å². The normalized spacial score (nSPS) is 10.6. The van der Waals surface area contributed by atoms with E-state index in [1.807, 2.05) is 0 Å². The van der Waals surface area contributed by atoms with Gasteiger partial charge in [0.05, 0.1) is 0 Å². The topological polar surface area (TPSA) is 69.6 Å². The number of halogens is 3. The number of alkyl halides is 3. The van der Waals surface area contributed by atoms with E-state index in [4.69, 9.17) is 11.5 Å². The van der Waals surface area contributed by atoms with E-state index in [1.54, 1.807) is 0 Å². The van der Waals surface area contributed by atoms with E-state index in [9.17, 15) is 22.8 Å². The monoisotopic (exact) mass is 266 g/mol. The smallest absolute Gasteiger partial charge is 0.406 e. The zero-order valence-electron chi connectivity index (χ0n) is 9.46. The molecular formula is C10H13F3N2O3. The Labute approximate surface area is 102 Å². The molecule has 0 atom stereocenters. The number of amides is 2. The molecule has 0 heterocycles. The zero-order chi connectivity index (χ0) is 14.2. The predicted octanol–water partition coefficient (Wildman–Crippen LogP) is 1.06. The SMILES string of the molecule is C#CCCCNC(=O)N(CC(=O)O)CC(F)(F)F. The van der Waals surface area contributed by atoms with E-state index >= 15 is 0 Å². The van der Waals surface area contributed by atoms with E-state index in [1.165, 1.54) is 0 Å². The quantitative estimate of drug-likeness (QED) is 0.558. The van der Waals surface area contributed by atoms with E-state index < -0.39 is 31.3 Å². The fraction of sp³-hybridized carbons (Fsp3) is 0.600. The molecule has 102 valence electrons. The molecule has 0 radical (unpaired) electrons. The van der Waals surface area contributed by atoms with Crippen molar-refractivity contribution in [2.45, 2.75) is 19.0 Å². The van der Waals surface area contributed by atoms with Gasteiger partial charge in [0.15, 0.2) is 0 Å². The summed E-state index contributed by atoms with van der Waals surface area (Å²) in [6, 6.07) is -1.08. The highest BCUT2D eigenvalue weighted by molar-refractivity contribution is 5.80. The van der Waals surface area contributed by atoms with Crippen molar-refractivity contribution in [3.05, 3.63) is 0 Å². The third-order valence-electron chi connectivity index (χ3n) is 1.76. The minimum atomic E-state index is -4.65. The minimum absolute atomic E-state index is 0.0943. The van der Waals surface area contributed by atoms with Crippen LogP contribution in [0.3, 0.4) is 0 Å². The van der Waals surface area contributed by atoms with Crippen molar-refractivity contribution in [2.75, 3.05) is 19.6 Å². The summed E-state index contributed by atoms with van der Waals surface area (Å²) in [6.45, 7) is -2.53. The first-order valence-corrected chi connectivity index (χ1v) is 5.01. The van der Waals surface area contributed by atoms with Crippen LogP contribution in [-0.2, 0) is 4.79 Å². The molecule has 2 amide bonds. The molecule has 0 aliphatic carbocycles. The van der Waals surface area contributed by atoms with Crippen molar-refractivity contribution in [1.29, 1.82) is 0 Å². The second-order valence-electron chi connectivity index (χ2n) is 3.40. The van der Waals surface area contributed by atoms with E-state index in [0.717, 1.165) is 0 Å². The van der Waals surface area contributed by atoms with Crippen molar-refractivity contribution in [1.82, 2.24) is 10.2 Å². The molecule has 0 saturated heterocycles. The van der Waals surface area contributed by atoms with Gasteiger partial charge in [0.25, 0.3) is 0 Å². The van der Waals surface area contributed by atoms with E-state index in [2.05, 4.69) is 11.2 Å². The summed E-state index contributed by atoms with van der Waals surface area (Å²) < 4.78 is 36.4. The molecule has 8 heteroatoms. The fourth-order valence-electron chi connectivity index (χ4n) is 1.08. The van der Waals surface area contributed by atoms with Crippen LogP contribution in [0.4, 0.5) is 18.0 Å². The maximum absolute atomic E-state index is 12.1. The number of hydrogen-bond donors (Lipinski definition) is 2. The van der Waals surface area contributed by atoms with Gasteiger partial charge in [-0.3, -0.25) is 4.79 Å². The summed E-state index contributed by atoms with van der Waals surface area (Å²) in [5.74, 6) is 0.786. The molecular weight excluding hydrogens is 253 g/mol. The van der Waals surface area contributed by atoms with Gasteiger partial charge in [0.1, 0.15) is 13.1 Å². The van der Waals surface area contributed by atoms with Crippen molar-refractivity contribution < 1.29 is 27.9 Å². The molecule has 0 saturated carbocycles. The Morgan fingerprint density at radius 2 is 2.00 bits per heavy atom. The summed E-state index contributed by atoms with van der Waals surface area (Å²) >= 11 is 0. The van der Waals surface area contributed by atoms with Gasteiger partial charge in [-0.1, -0.05) is 0 Å². The molecule has 0 aromatic rings. The second kappa shape index (κ2) is 7.42. The van der Waals surface area contributed by atoms with Gasteiger partial charge in [-0.15, -0.1) is 12.3 Å². The van der Waals surface area contributed by atoms with Gasteiger partial charge in [-0.2, -0.15) is 13.2 Å². The van der Waals surface area contributed by atoms with Crippen LogP contribution in [0.5, 0.6) is 0 Å². The molecule has 0 aliphatic heterocycles. The lowest BCUT2D eigenvalue weighted by molar-refractivity contribution is -0.148. The number of carboxylic acid groups (broad SMARTS) is 1. The van der Waals surface area contributed by atoms with Crippen molar-refractivity contribution in [2.24, 2.45) is 0 Å². The van der Waals surface area contributed by atoms with Crippen LogP contribution in [0, 0.1) is 12.3 Å². The third kappa shape index (κ3) is 8.27. The summed E-state index contributed by atoms with van der Waals surface area (Å²) in [5, 5.41) is 10.6. The van der Waals surface area contributed by atoms with Gasteiger partial charge in [0, 0.05) is 13.0 Å². The molecule has 2 N–H and O–H groups in total. The number of hydrogen-bond acceptors (Lipinski definition) is 2. The molecule has 0 fully saturated rings. The molecule has 0 rings (SSSR count). The highest BCUT2D eigenvalue weighted by atomic mass is 19.4. The number of rotatable bonds is 6. The van der Waals surface area contributed by atoms with E-state index in [-0.39, 0.29) is 11.4 Å². The summed E-state index contributed by atoms with van der Waals surface area (Å²) in [4.78, 5) is 21.9. The Morgan fingerprint density at radius 3 is 2.44 bits per heavy atom. The molecule has 5 nitrogen and oxygen atoms in total. The molecule has 0 spiro atoms. The molecule has 0 aromatic heterocycles. The van der Waals surface area contributed by atoms with Crippen LogP contribution in [0.15, 0.2) is 0 Å². The van der Waals surface area contributed by atoms with Crippen LogP contribution in [-0.4, -0.2) is 47.8 Å². The average molecular weight is 266 g/mol. The van der Waals surface area contributed by atoms with Crippen LogP contribution in [0.2, 0.25) is 0 Å². The third-order valence-corrected chi connectivity index (χ3v) is 1.76. The van der Waals surface area contributed by atoms with Gasteiger partial charge in [-0.25, -0.2) is 4.79 Å². The molecule has 0 aliphatic rings. The highest BCUT2D eigenvalue weighted by Gasteiger charge is 2.33. The minimum Gasteiger partial charge on any atom is -0.480 e. The molecule has 0 unspecified atom stereocenters. The summed E-state index contributed by atoms with van der Waals surface area (Å²) in [6.07, 6.45) is 1.09. The lowest BCUT2D eigenvalue weighted by Gasteiger charge is -2.22. The number of unbranched alkanes of at least 4 members (excludes halogenated alkanes) is 1. The van der Waals surface area contributed by atoms with Crippen molar-refractivity contribution >= 4 is 12.0 Å². The highest BCUT2D eigenvalue weighted by Crippen LogP contribution is 2.16. The van der Waals surface area contributed by atoms with E-state index in [0.29, 0.717) is 12.8 Å². The molecule has 0 aromatic carbocycles. The summed E-state index contributed by atoms with van der Waals surface area (Å²) in [7, 11) is 0. The van der Waals surface area contributed by atoms with Crippen LogP contribution < -0.4 is 5.32 Å². The zero-order valence-corrected chi connectivity index (χ0v) is 9.46. The fourth-order valence-corrected chi connectivity index (χ4v) is 1.08. The Kier molecular flexibility index (Phi) is 6.63.